The number of hydrogen-bond donors (Lipinski definition) is 2. The van der Waals surface area contributed by atoms with E-state index in [0.29, 0.717) is 26.9 Å². The number of ether oxygens (including phenoxy) is 1. The molecule has 0 unspecified atom stereocenters. The van der Waals surface area contributed by atoms with Crippen molar-refractivity contribution in [2.45, 2.75) is 0 Å². The van der Waals surface area contributed by atoms with Crippen molar-refractivity contribution in [2.24, 2.45) is 0 Å². The second-order valence-electron chi connectivity index (χ2n) is 7.65. The van der Waals surface area contributed by atoms with Crippen molar-refractivity contribution >= 4 is 58.5 Å². The Labute approximate surface area is 214 Å². The minimum Gasteiger partial charge on any atom is -0.484 e. The normalized spacial score (nSPS) is 14.4. The van der Waals surface area contributed by atoms with Crippen molar-refractivity contribution < 1.29 is 28.8 Å². The number of anilines is 2. The maximum absolute atomic E-state index is 13.0. The molecule has 12 heteroatoms. The molecule has 1 fully saturated rings. The number of non-ortho nitro benzene ring substituents is 1. The Balaban J connectivity index is 1.48. The number of nitro benzene ring substituents is 1. The lowest BCUT2D eigenvalue weighted by Gasteiger charge is -2.26. The highest BCUT2D eigenvalue weighted by molar-refractivity contribution is 6.39. The summed E-state index contributed by atoms with van der Waals surface area (Å²) < 4.78 is 5.51. The third-order valence-corrected chi connectivity index (χ3v) is 5.34. The first-order valence-electron chi connectivity index (χ1n) is 10.7. The quantitative estimate of drug-likeness (QED) is 0.207. The highest BCUT2D eigenvalue weighted by Gasteiger charge is 2.37. The molecule has 1 aliphatic rings. The summed E-state index contributed by atoms with van der Waals surface area (Å²) in [5.41, 5.74) is 0.433. The highest BCUT2D eigenvalue weighted by atomic mass is 35.5. The van der Waals surface area contributed by atoms with Crippen molar-refractivity contribution in [3.63, 3.8) is 0 Å². The maximum Gasteiger partial charge on any atom is 0.335 e. The molecule has 0 aliphatic carbocycles. The zero-order valence-electron chi connectivity index (χ0n) is 18.8. The SMILES string of the molecule is O=C(COc1cccc(/C=C2/C(=O)NC(=O)N(c3ccc([N+](=O)[O-])cc3)C2=O)c1)Nc1ccc(Cl)cc1. The number of imide groups is 2. The molecule has 5 amide bonds. The molecule has 0 radical (unpaired) electrons. The predicted octanol–water partition coefficient (Wildman–Crippen LogP) is 3.93. The topological polar surface area (TPSA) is 148 Å². The van der Waals surface area contributed by atoms with E-state index in [1.54, 1.807) is 42.5 Å². The fourth-order valence-corrected chi connectivity index (χ4v) is 3.48. The molecular formula is C25H17ClN4O7. The smallest absolute Gasteiger partial charge is 0.335 e. The number of amides is 5. The van der Waals surface area contributed by atoms with Crippen LogP contribution < -0.4 is 20.3 Å². The zero-order valence-corrected chi connectivity index (χ0v) is 19.6. The Morgan fingerprint density at radius 2 is 1.76 bits per heavy atom. The number of nitrogens with zero attached hydrogens (tertiary/aromatic N) is 2. The molecule has 11 nitrogen and oxygen atoms in total. The van der Waals surface area contributed by atoms with Crippen LogP contribution in [0.1, 0.15) is 5.56 Å². The Morgan fingerprint density at radius 1 is 1.05 bits per heavy atom. The second-order valence-corrected chi connectivity index (χ2v) is 8.08. The maximum atomic E-state index is 13.0. The number of carbonyl (C=O) groups is 4. The molecular weight excluding hydrogens is 504 g/mol. The molecule has 1 aliphatic heterocycles. The number of benzene rings is 3. The minimum atomic E-state index is -0.982. The van der Waals surface area contributed by atoms with Gasteiger partial charge in [-0.05, 0) is 60.2 Å². The van der Waals surface area contributed by atoms with Crippen LogP contribution in [0.2, 0.25) is 5.02 Å². The van der Waals surface area contributed by atoms with E-state index in [2.05, 4.69) is 10.6 Å². The Hall–Kier alpha value is -5.03. The van der Waals surface area contributed by atoms with Crippen LogP contribution in [0.25, 0.3) is 6.08 Å². The van der Waals surface area contributed by atoms with Crippen LogP contribution in [0, 0.1) is 10.1 Å². The highest BCUT2D eigenvalue weighted by Crippen LogP contribution is 2.25. The predicted molar refractivity (Wildman–Crippen MR) is 134 cm³/mol. The molecule has 0 atom stereocenters. The number of urea groups is 1. The average Bonchev–Trinajstić information content (AvgIpc) is 2.87. The van der Waals surface area contributed by atoms with Gasteiger partial charge < -0.3 is 10.1 Å². The van der Waals surface area contributed by atoms with Gasteiger partial charge in [0.05, 0.1) is 10.6 Å². The van der Waals surface area contributed by atoms with Crippen LogP contribution in [0.15, 0.2) is 78.4 Å². The summed E-state index contributed by atoms with van der Waals surface area (Å²) in [5, 5.41) is 16.1. The molecule has 3 aromatic rings. The molecule has 0 aromatic heterocycles. The van der Waals surface area contributed by atoms with E-state index in [0.717, 1.165) is 12.1 Å². The van der Waals surface area contributed by atoms with Crippen molar-refractivity contribution in [1.82, 2.24) is 5.32 Å². The van der Waals surface area contributed by atoms with Gasteiger partial charge in [0.1, 0.15) is 11.3 Å². The lowest BCUT2D eigenvalue weighted by atomic mass is 10.1. The van der Waals surface area contributed by atoms with Gasteiger partial charge in [0.15, 0.2) is 6.61 Å². The van der Waals surface area contributed by atoms with E-state index in [1.807, 2.05) is 0 Å². The van der Waals surface area contributed by atoms with E-state index < -0.39 is 28.7 Å². The average molecular weight is 521 g/mol. The lowest BCUT2D eigenvalue weighted by molar-refractivity contribution is -0.384. The van der Waals surface area contributed by atoms with E-state index >= 15 is 0 Å². The van der Waals surface area contributed by atoms with E-state index in [9.17, 15) is 29.3 Å². The largest absolute Gasteiger partial charge is 0.484 e. The van der Waals surface area contributed by atoms with Crippen molar-refractivity contribution in [2.75, 3.05) is 16.8 Å². The van der Waals surface area contributed by atoms with Gasteiger partial charge in [0.2, 0.25) is 0 Å². The third kappa shape index (κ3) is 5.97. The number of rotatable bonds is 7. The molecule has 0 spiro atoms. The van der Waals surface area contributed by atoms with Gasteiger partial charge >= 0.3 is 6.03 Å². The van der Waals surface area contributed by atoms with Crippen LogP contribution in [0.5, 0.6) is 5.75 Å². The van der Waals surface area contributed by atoms with Crippen LogP contribution in [0.4, 0.5) is 21.9 Å². The molecule has 1 heterocycles. The van der Waals surface area contributed by atoms with Gasteiger partial charge in [-0.3, -0.25) is 29.8 Å². The van der Waals surface area contributed by atoms with E-state index in [1.165, 1.54) is 24.3 Å². The third-order valence-electron chi connectivity index (χ3n) is 5.09. The molecule has 186 valence electrons. The standard InChI is InChI=1S/C25H17ClN4O7/c26-16-4-6-17(7-5-16)27-22(31)14-37-20-3-1-2-15(12-20)13-21-23(32)28-25(34)29(24(21)33)18-8-10-19(11-9-18)30(35)36/h1-13H,14H2,(H,27,31)(H,28,32,34)/b21-13-. The van der Waals surface area contributed by atoms with Gasteiger partial charge in [0.25, 0.3) is 23.4 Å². The minimum absolute atomic E-state index is 0.0512. The fraction of sp³-hybridized carbons (Fsp3) is 0.0400. The number of nitrogens with one attached hydrogen (secondary N) is 2. The van der Waals surface area contributed by atoms with Gasteiger partial charge in [-0.1, -0.05) is 23.7 Å². The second kappa shape index (κ2) is 10.7. The summed E-state index contributed by atoms with van der Waals surface area (Å²) in [7, 11) is 0. The molecule has 1 saturated heterocycles. The number of halogens is 1. The monoisotopic (exact) mass is 520 g/mol. The zero-order chi connectivity index (χ0) is 26.5. The number of barbiturate groups is 1. The van der Waals surface area contributed by atoms with Crippen LogP contribution in [-0.4, -0.2) is 35.3 Å². The van der Waals surface area contributed by atoms with Crippen molar-refractivity contribution in [3.05, 3.63) is 99.1 Å². The first kappa shape index (κ1) is 25.1. The number of carbonyl (C=O) groups excluding carboxylic acids is 4. The summed E-state index contributed by atoms with van der Waals surface area (Å²) in [6, 6.07) is 16.6. The Morgan fingerprint density at radius 3 is 2.43 bits per heavy atom. The van der Waals surface area contributed by atoms with Crippen LogP contribution >= 0.6 is 11.6 Å². The molecule has 3 aromatic carbocycles. The number of nitro groups is 1. The van der Waals surface area contributed by atoms with Gasteiger partial charge in [-0.2, -0.15) is 0 Å². The van der Waals surface area contributed by atoms with Gasteiger partial charge in [0, 0.05) is 22.8 Å². The molecule has 0 saturated carbocycles. The summed E-state index contributed by atoms with van der Waals surface area (Å²) in [5.74, 6) is -1.92. The van der Waals surface area contributed by atoms with Crippen LogP contribution in [-0.2, 0) is 14.4 Å². The molecule has 4 rings (SSSR count). The van der Waals surface area contributed by atoms with E-state index in [4.69, 9.17) is 16.3 Å². The molecule has 0 bridgehead atoms. The summed E-state index contributed by atoms with van der Waals surface area (Å²) in [4.78, 5) is 60.9. The number of hydrogen-bond acceptors (Lipinski definition) is 7. The summed E-state index contributed by atoms with van der Waals surface area (Å²) in [6.45, 7) is -0.301. The first-order valence-corrected chi connectivity index (χ1v) is 11.0. The van der Waals surface area contributed by atoms with E-state index in [-0.39, 0.29) is 23.6 Å². The lowest BCUT2D eigenvalue weighted by Crippen LogP contribution is -2.54. The van der Waals surface area contributed by atoms with Crippen LogP contribution in [0.3, 0.4) is 0 Å². The summed E-state index contributed by atoms with van der Waals surface area (Å²) >= 11 is 5.82. The van der Waals surface area contributed by atoms with Crippen molar-refractivity contribution in [1.29, 1.82) is 0 Å². The fourth-order valence-electron chi connectivity index (χ4n) is 3.36. The van der Waals surface area contributed by atoms with Gasteiger partial charge in [-0.15, -0.1) is 0 Å². The van der Waals surface area contributed by atoms with Gasteiger partial charge in [-0.25, -0.2) is 9.69 Å². The van der Waals surface area contributed by atoms with Crippen molar-refractivity contribution in [3.8, 4) is 5.75 Å². The first-order chi connectivity index (χ1) is 17.7. The Bertz CT molecular complexity index is 1440. The molecule has 37 heavy (non-hydrogen) atoms. The Kier molecular flexibility index (Phi) is 7.26. The summed E-state index contributed by atoms with van der Waals surface area (Å²) in [6.07, 6.45) is 1.27. The molecule has 2 N–H and O–H groups in total.